The number of pyridine rings is 1. The fourth-order valence-corrected chi connectivity index (χ4v) is 6.35. The van der Waals surface area contributed by atoms with Crippen LogP contribution in [0, 0.1) is 0 Å². The van der Waals surface area contributed by atoms with E-state index in [1.54, 1.807) is 11.1 Å². The van der Waals surface area contributed by atoms with Crippen molar-refractivity contribution in [3.8, 4) is 11.1 Å². The van der Waals surface area contributed by atoms with E-state index in [2.05, 4.69) is 4.90 Å². The third-order valence-electron chi connectivity index (χ3n) is 8.20. The first kappa shape index (κ1) is 27.9. The van der Waals surface area contributed by atoms with Crippen molar-refractivity contribution >= 4 is 29.5 Å². The Morgan fingerprint density at radius 3 is 2.23 bits per heavy atom. The number of rotatable bonds is 4. The number of benzene rings is 1. The minimum Gasteiger partial charge on any atom is -0.465 e. The molecule has 2 aliphatic heterocycles. The first-order valence-electron chi connectivity index (χ1n) is 14.2. The van der Waals surface area contributed by atoms with Crippen molar-refractivity contribution in [3.05, 3.63) is 41.6 Å². The molecule has 0 unspecified atom stereocenters. The molecule has 214 valence electrons. The SMILES string of the molecule is COC(=O)c1cc(-c2ccc(N3CCN(C(=O)OC(C)(C)C)CC3)nc2)cc2c1C1(CCCC1)C(=O)N2C(C)C. The van der Waals surface area contributed by atoms with Crippen molar-refractivity contribution in [3.63, 3.8) is 0 Å². The molecule has 0 radical (unpaired) electrons. The van der Waals surface area contributed by atoms with Crippen molar-refractivity contribution in [1.29, 1.82) is 0 Å². The molecule has 1 aromatic heterocycles. The number of carbonyl (C=O) groups excluding carboxylic acids is 3. The van der Waals surface area contributed by atoms with E-state index in [9.17, 15) is 14.4 Å². The summed E-state index contributed by atoms with van der Waals surface area (Å²) < 4.78 is 10.7. The van der Waals surface area contributed by atoms with Gasteiger partial charge in [-0.15, -0.1) is 0 Å². The molecule has 2 fully saturated rings. The van der Waals surface area contributed by atoms with Crippen LogP contribution in [0.4, 0.5) is 16.3 Å². The molecule has 2 aromatic rings. The molecule has 1 aromatic carbocycles. The maximum atomic E-state index is 13.8. The second-order valence-electron chi connectivity index (χ2n) is 12.3. The van der Waals surface area contributed by atoms with Gasteiger partial charge in [-0.1, -0.05) is 12.8 Å². The molecule has 40 heavy (non-hydrogen) atoms. The smallest absolute Gasteiger partial charge is 0.410 e. The Bertz CT molecular complexity index is 1300. The highest BCUT2D eigenvalue weighted by Crippen LogP contribution is 2.54. The zero-order valence-electron chi connectivity index (χ0n) is 24.5. The Kier molecular flexibility index (Phi) is 7.27. The average molecular weight is 549 g/mol. The predicted octanol–water partition coefficient (Wildman–Crippen LogP) is 5.16. The van der Waals surface area contributed by atoms with Crippen molar-refractivity contribution in [2.24, 2.45) is 0 Å². The number of nitrogens with zero attached hydrogens (tertiary/aromatic N) is 4. The van der Waals surface area contributed by atoms with Gasteiger partial charge in [0.05, 0.1) is 18.1 Å². The van der Waals surface area contributed by atoms with Crippen molar-refractivity contribution in [2.45, 2.75) is 77.4 Å². The molecule has 1 saturated carbocycles. The Balaban J connectivity index is 1.42. The largest absolute Gasteiger partial charge is 0.465 e. The number of aromatic nitrogens is 1. The number of hydrogen-bond donors (Lipinski definition) is 0. The lowest BCUT2D eigenvalue weighted by Gasteiger charge is -2.36. The van der Waals surface area contributed by atoms with Gasteiger partial charge in [-0.05, 0) is 77.3 Å². The normalized spacial score (nSPS) is 18.5. The van der Waals surface area contributed by atoms with E-state index in [1.807, 2.05) is 63.8 Å². The highest BCUT2D eigenvalue weighted by Gasteiger charge is 2.54. The minimum absolute atomic E-state index is 0.0354. The first-order chi connectivity index (χ1) is 18.9. The van der Waals surface area contributed by atoms with Gasteiger partial charge in [-0.2, -0.15) is 0 Å². The molecule has 1 aliphatic carbocycles. The maximum absolute atomic E-state index is 13.8. The van der Waals surface area contributed by atoms with E-state index in [0.29, 0.717) is 31.7 Å². The topological polar surface area (TPSA) is 92.3 Å². The molecule has 3 heterocycles. The number of esters is 1. The molecule has 9 nitrogen and oxygen atoms in total. The van der Waals surface area contributed by atoms with Crippen molar-refractivity contribution in [2.75, 3.05) is 43.1 Å². The van der Waals surface area contributed by atoms with Crippen LogP contribution in [0.3, 0.4) is 0 Å². The van der Waals surface area contributed by atoms with Gasteiger partial charge in [0.2, 0.25) is 5.91 Å². The van der Waals surface area contributed by atoms with Crippen LogP contribution in [0.15, 0.2) is 30.5 Å². The fourth-order valence-electron chi connectivity index (χ4n) is 6.35. The Morgan fingerprint density at radius 1 is 1.00 bits per heavy atom. The van der Waals surface area contributed by atoms with E-state index in [1.165, 1.54) is 7.11 Å². The number of piperazine rings is 1. The average Bonchev–Trinajstić information content (AvgIpc) is 3.51. The zero-order chi connectivity index (χ0) is 28.8. The van der Waals surface area contributed by atoms with E-state index < -0.39 is 17.0 Å². The third kappa shape index (κ3) is 4.90. The number of ether oxygens (including phenoxy) is 2. The number of fused-ring (bicyclic) bond motifs is 2. The maximum Gasteiger partial charge on any atom is 0.410 e. The third-order valence-corrected chi connectivity index (χ3v) is 8.20. The summed E-state index contributed by atoms with van der Waals surface area (Å²) in [5.74, 6) is 0.498. The highest BCUT2D eigenvalue weighted by molar-refractivity contribution is 6.13. The number of amides is 2. The monoisotopic (exact) mass is 548 g/mol. The van der Waals surface area contributed by atoms with Gasteiger partial charge < -0.3 is 24.2 Å². The number of hydrogen-bond acceptors (Lipinski definition) is 7. The second-order valence-corrected chi connectivity index (χ2v) is 12.3. The van der Waals surface area contributed by atoms with Crippen LogP contribution in [0.1, 0.15) is 76.2 Å². The quantitative estimate of drug-likeness (QED) is 0.488. The minimum atomic E-state index is -0.648. The van der Waals surface area contributed by atoms with Gasteiger partial charge in [-0.3, -0.25) is 4.79 Å². The molecule has 0 atom stereocenters. The summed E-state index contributed by atoms with van der Waals surface area (Å²) in [6.07, 6.45) is 4.96. The van der Waals surface area contributed by atoms with E-state index >= 15 is 0 Å². The summed E-state index contributed by atoms with van der Waals surface area (Å²) in [6.45, 7) is 12.1. The molecule has 5 rings (SSSR count). The number of methoxy groups -OCH3 is 1. The lowest BCUT2D eigenvalue weighted by Crippen LogP contribution is -2.50. The fraction of sp³-hybridized carbons (Fsp3) is 0.548. The number of anilines is 2. The van der Waals surface area contributed by atoms with Gasteiger partial charge in [0.15, 0.2) is 0 Å². The standard InChI is InChI=1S/C31H40N4O5/c1-20(2)35-24-18-22(17-23(27(36)39-6)26(24)31(28(35)37)11-7-8-12-31)21-9-10-25(32-19-21)33-13-15-34(16-14-33)29(38)40-30(3,4)5/h9-10,17-20H,7-8,11-16H2,1-6H3. The van der Waals surface area contributed by atoms with Crippen LogP contribution in [0.2, 0.25) is 0 Å². The summed E-state index contributed by atoms with van der Waals surface area (Å²) in [5, 5.41) is 0. The lowest BCUT2D eigenvalue weighted by atomic mass is 9.77. The van der Waals surface area contributed by atoms with Crippen LogP contribution in [-0.2, 0) is 19.7 Å². The highest BCUT2D eigenvalue weighted by atomic mass is 16.6. The first-order valence-corrected chi connectivity index (χ1v) is 14.2. The Morgan fingerprint density at radius 2 is 1.68 bits per heavy atom. The molecular formula is C31H40N4O5. The van der Waals surface area contributed by atoms with E-state index in [0.717, 1.165) is 53.9 Å². The Labute approximate surface area is 236 Å². The summed E-state index contributed by atoms with van der Waals surface area (Å²) in [7, 11) is 1.39. The van der Waals surface area contributed by atoms with E-state index in [-0.39, 0.29) is 18.0 Å². The van der Waals surface area contributed by atoms with Crippen LogP contribution >= 0.6 is 0 Å². The molecule has 0 bridgehead atoms. The van der Waals surface area contributed by atoms with Gasteiger partial charge in [-0.25, -0.2) is 14.6 Å². The molecule has 2 amide bonds. The Hall–Kier alpha value is -3.62. The summed E-state index contributed by atoms with van der Waals surface area (Å²) in [4.78, 5) is 49.8. The van der Waals surface area contributed by atoms with Crippen molar-refractivity contribution in [1.82, 2.24) is 9.88 Å². The molecular weight excluding hydrogens is 508 g/mol. The number of carbonyl (C=O) groups is 3. The van der Waals surface area contributed by atoms with E-state index in [4.69, 9.17) is 14.5 Å². The summed E-state index contributed by atoms with van der Waals surface area (Å²) >= 11 is 0. The molecule has 9 heteroatoms. The molecule has 1 spiro atoms. The van der Waals surface area contributed by atoms with Crippen LogP contribution in [0.25, 0.3) is 11.1 Å². The van der Waals surface area contributed by atoms with Crippen LogP contribution in [-0.4, -0.2) is 72.8 Å². The van der Waals surface area contributed by atoms with Gasteiger partial charge in [0, 0.05) is 55.2 Å². The van der Waals surface area contributed by atoms with Crippen molar-refractivity contribution < 1.29 is 23.9 Å². The molecule has 1 saturated heterocycles. The summed E-state index contributed by atoms with van der Waals surface area (Å²) in [6, 6.07) is 7.81. The lowest BCUT2D eigenvalue weighted by molar-refractivity contribution is -0.123. The molecule has 0 N–H and O–H groups in total. The van der Waals surface area contributed by atoms with Crippen LogP contribution < -0.4 is 9.80 Å². The van der Waals surface area contributed by atoms with Gasteiger partial charge in [0.25, 0.3) is 0 Å². The summed E-state index contributed by atoms with van der Waals surface area (Å²) in [5.41, 5.74) is 2.61. The van der Waals surface area contributed by atoms with Crippen LogP contribution in [0.5, 0.6) is 0 Å². The second kappa shape index (κ2) is 10.4. The van der Waals surface area contributed by atoms with Gasteiger partial charge >= 0.3 is 12.1 Å². The molecule has 3 aliphatic rings. The zero-order valence-corrected chi connectivity index (χ0v) is 24.5. The predicted molar refractivity (Wildman–Crippen MR) is 154 cm³/mol. The van der Waals surface area contributed by atoms with Gasteiger partial charge in [0.1, 0.15) is 11.4 Å².